The zero-order valence-electron chi connectivity index (χ0n) is 14.9. The number of pyridine rings is 1. The van der Waals surface area contributed by atoms with E-state index in [2.05, 4.69) is 11.1 Å². The molecule has 2 aliphatic rings. The molecule has 1 aromatic rings. The lowest BCUT2D eigenvalue weighted by atomic mass is 9.84. The molecule has 5 nitrogen and oxygen atoms in total. The second-order valence-corrected chi connectivity index (χ2v) is 7.49. The Kier molecular flexibility index (Phi) is 4.52. The summed E-state index contributed by atoms with van der Waals surface area (Å²) in [5.41, 5.74) is 1.59. The van der Waals surface area contributed by atoms with E-state index in [-0.39, 0.29) is 18.2 Å². The number of amides is 1. The van der Waals surface area contributed by atoms with E-state index in [0.717, 1.165) is 37.1 Å². The summed E-state index contributed by atoms with van der Waals surface area (Å²) in [5.74, 6) is 0.785. The van der Waals surface area contributed by atoms with Gasteiger partial charge in [-0.25, -0.2) is 4.79 Å². The van der Waals surface area contributed by atoms with Gasteiger partial charge in [-0.3, -0.25) is 9.88 Å². The Labute approximate surface area is 143 Å². The number of aromatic nitrogens is 1. The monoisotopic (exact) mass is 330 g/mol. The quantitative estimate of drug-likeness (QED) is 0.821. The lowest BCUT2D eigenvalue weighted by molar-refractivity contribution is 0.0000628. The fourth-order valence-electron chi connectivity index (χ4n) is 3.60. The highest BCUT2D eigenvalue weighted by Gasteiger charge is 2.39. The highest BCUT2D eigenvalue weighted by atomic mass is 16.6. The lowest BCUT2D eigenvalue weighted by Gasteiger charge is -2.45. The molecule has 24 heavy (non-hydrogen) atoms. The van der Waals surface area contributed by atoms with E-state index in [1.165, 1.54) is 5.57 Å². The summed E-state index contributed by atoms with van der Waals surface area (Å²) in [7, 11) is 1.66. The third-order valence-corrected chi connectivity index (χ3v) is 4.54. The molecular weight excluding hydrogens is 304 g/mol. The highest BCUT2D eigenvalue weighted by Crippen LogP contribution is 2.39. The molecule has 2 unspecified atom stereocenters. The van der Waals surface area contributed by atoms with Gasteiger partial charge in [0.05, 0.1) is 13.2 Å². The van der Waals surface area contributed by atoms with Crippen molar-refractivity contribution >= 4 is 11.7 Å². The first-order valence-electron chi connectivity index (χ1n) is 8.60. The van der Waals surface area contributed by atoms with Gasteiger partial charge in [0.2, 0.25) is 0 Å². The van der Waals surface area contributed by atoms with Crippen LogP contribution in [0.15, 0.2) is 24.4 Å². The number of carbonyl (C=O) groups is 1. The number of hydrogen-bond acceptors (Lipinski definition) is 4. The molecule has 1 fully saturated rings. The van der Waals surface area contributed by atoms with E-state index in [1.54, 1.807) is 13.3 Å². The Hall–Kier alpha value is -2.04. The number of methoxy groups -OCH3 is 1. The molecule has 2 atom stereocenters. The number of rotatable bonds is 2. The van der Waals surface area contributed by atoms with Crippen LogP contribution in [0.3, 0.4) is 0 Å². The van der Waals surface area contributed by atoms with Gasteiger partial charge in [0, 0.05) is 12.2 Å². The molecule has 130 valence electrons. The van der Waals surface area contributed by atoms with Gasteiger partial charge >= 0.3 is 6.09 Å². The number of piperidine rings is 1. The summed E-state index contributed by atoms with van der Waals surface area (Å²) in [4.78, 5) is 19.1. The number of ether oxygens (including phenoxy) is 2. The molecule has 0 radical (unpaired) electrons. The first-order chi connectivity index (χ1) is 11.4. The topological polar surface area (TPSA) is 51.7 Å². The summed E-state index contributed by atoms with van der Waals surface area (Å²) in [6, 6.07) is 4.05. The van der Waals surface area contributed by atoms with Crippen molar-refractivity contribution in [1.29, 1.82) is 0 Å². The number of nitrogens with zero attached hydrogens (tertiary/aromatic N) is 2. The Bertz CT molecular complexity index is 648. The second-order valence-electron chi connectivity index (χ2n) is 7.49. The maximum atomic E-state index is 12.6. The molecule has 1 aromatic heterocycles. The average molecular weight is 330 g/mol. The van der Waals surface area contributed by atoms with Crippen molar-refractivity contribution in [2.45, 2.75) is 64.1 Å². The van der Waals surface area contributed by atoms with Gasteiger partial charge in [0.1, 0.15) is 17.0 Å². The molecule has 5 heteroatoms. The fourth-order valence-corrected chi connectivity index (χ4v) is 3.60. The second kappa shape index (κ2) is 6.46. The van der Waals surface area contributed by atoms with E-state index in [0.29, 0.717) is 0 Å². The van der Waals surface area contributed by atoms with Crippen LogP contribution in [0.25, 0.3) is 5.57 Å². The van der Waals surface area contributed by atoms with Crippen molar-refractivity contribution in [3.05, 3.63) is 30.1 Å². The van der Waals surface area contributed by atoms with Gasteiger partial charge in [0.15, 0.2) is 0 Å². The molecule has 0 saturated carbocycles. The van der Waals surface area contributed by atoms with Crippen LogP contribution < -0.4 is 4.74 Å². The standard InChI is InChI=1S/C19H26N2O3/c1-19(2,3)24-18(22)21-14-7-5-8-15(21)12-13(11-14)17-16(23-4)9-6-10-20-17/h6,9-11,14-15H,5,7-8,12H2,1-4H3. The van der Waals surface area contributed by atoms with Crippen molar-refractivity contribution < 1.29 is 14.3 Å². The maximum Gasteiger partial charge on any atom is 0.411 e. The minimum atomic E-state index is -0.473. The molecular formula is C19H26N2O3. The Morgan fingerprint density at radius 1 is 1.33 bits per heavy atom. The normalized spacial score (nSPS) is 23.5. The summed E-state index contributed by atoms with van der Waals surface area (Å²) in [5, 5.41) is 0. The van der Waals surface area contributed by atoms with E-state index in [1.807, 2.05) is 37.8 Å². The predicted molar refractivity (Wildman–Crippen MR) is 92.9 cm³/mol. The van der Waals surface area contributed by atoms with Gasteiger partial charge in [-0.1, -0.05) is 6.08 Å². The molecule has 2 aliphatic heterocycles. The minimum absolute atomic E-state index is 0.0778. The largest absolute Gasteiger partial charge is 0.494 e. The molecule has 0 aromatic carbocycles. The first kappa shape index (κ1) is 16.8. The molecule has 3 heterocycles. The molecule has 0 aliphatic carbocycles. The van der Waals surface area contributed by atoms with Gasteiger partial charge in [0.25, 0.3) is 0 Å². The van der Waals surface area contributed by atoms with Crippen LogP contribution in [-0.4, -0.2) is 40.8 Å². The Morgan fingerprint density at radius 3 is 2.79 bits per heavy atom. The molecule has 3 rings (SSSR count). The first-order valence-corrected chi connectivity index (χ1v) is 8.60. The van der Waals surface area contributed by atoms with Crippen molar-refractivity contribution in [1.82, 2.24) is 9.88 Å². The van der Waals surface area contributed by atoms with E-state index >= 15 is 0 Å². The van der Waals surface area contributed by atoms with Crippen molar-refractivity contribution in [2.24, 2.45) is 0 Å². The number of fused-ring (bicyclic) bond motifs is 2. The molecule has 0 N–H and O–H groups in total. The summed E-state index contributed by atoms with van der Waals surface area (Å²) in [6.45, 7) is 5.72. The molecule has 1 amide bonds. The van der Waals surface area contributed by atoms with Crippen LogP contribution >= 0.6 is 0 Å². The fraction of sp³-hybridized carbons (Fsp3) is 0.579. The molecule has 1 saturated heterocycles. The predicted octanol–water partition coefficient (Wildman–Crippen LogP) is 4.04. The Morgan fingerprint density at radius 2 is 2.12 bits per heavy atom. The van der Waals surface area contributed by atoms with Gasteiger partial charge in [-0.15, -0.1) is 0 Å². The third-order valence-electron chi connectivity index (χ3n) is 4.54. The van der Waals surface area contributed by atoms with Crippen LogP contribution in [0.1, 0.15) is 52.1 Å². The molecule has 0 spiro atoms. The average Bonchev–Trinajstić information content (AvgIpc) is 2.52. The van der Waals surface area contributed by atoms with Crippen LogP contribution in [0.5, 0.6) is 5.75 Å². The zero-order valence-corrected chi connectivity index (χ0v) is 14.9. The zero-order chi connectivity index (χ0) is 17.3. The van der Waals surface area contributed by atoms with Gasteiger partial charge in [-0.2, -0.15) is 0 Å². The summed E-state index contributed by atoms with van der Waals surface area (Å²) >= 11 is 0. The van der Waals surface area contributed by atoms with Gasteiger partial charge in [-0.05, 0) is 64.2 Å². The Balaban J connectivity index is 1.89. The van der Waals surface area contributed by atoms with E-state index in [4.69, 9.17) is 9.47 Å². The highest BCUT2D eigenvalue weighted by molar-refractivity contribution is 5.75. The number of carbonyl (C=O) groups excluding carboxylic acids is 1. The van der Waals surface area contributed by atoms with Crippen molar-refractivity contribution in [2.75, 3.05) is 7.11 Å². The van der Waals surface area contributed by atoms with E-state index < -0.39 is 5.60 Å². The third kappa shape index (κ3) is 3.40. The van der Waals surface area contributed by atoms with Crippen molar-refractivity contribution in [3.63, 3.8) is 0 Å². The van der Waals surface area contributed by atoms with Crippen LogP contribution in [0.4, 0.5) is 4.79 Å². The lowest BCUT2D eigenvalue weighted by Crippen LogP contribution is -2.53. The van der Waals surface area contributed by atoms with Crippen LogP contribution in [-0.2, 0) is 4.74 Å². The number of hydrogen-bond donors (Lipinski definition) is 0. The van der Waals surface area contributed by atoms with E-state index in [9.17, 15) is 4.79 Å². The SMILES string of the molecule is COc1cccnc1C1=CC2CCCC(C1)N2C(=O)OC(C)(C)C. The van der Waals surface area contributed by atoms with Crippen LogP contribution in [0.2, 0.25) is 0 Å². The minimum Gasteiger partial charge on any atom is -0.494 e. The smallest absolute Gasteiger partial charge is 0.411 e. The summed E-state index contributed by atoms with van der Waals surface area (Å²) in [6.07, 6.45) is 7.65. The van der Waals surface area contributed by atoms with Crippen LogP contribution in [0, 0.1) is 0 Å². The van der Waals surface area contributed by atoms with Crippen molar-refractivity contribution in [3.8, 4) is 5.75 Å². The van der Waals surface area contributed by atoms with Gasteiger partial charge < -0.3 is 9.47 Å². The molecule has 2 bridgehead atoms. The summed E-state index contributed by atoms with van der Waals surface area (Å²) < 4.78 is 11.1. The maximum absolute atomic E-state index is 12.6.